The fourth-order valence-electron chi connectivity index (χ4n) is 4.54. The molecule has 0 aromatic carbocycles. The van der Waals surface area contributed by atoms with E-state index >= 15 is 0 Å². The Morgan fingerprint density at radius 2 is 0.727 bits per heavy atom. The molecule has 0 bridgehead atoms. The van der Waals surface area contributed by atoms with E-state index in [2.05, 4.69) is 66.0 Å². The molecule has 0 unspecified atom stereocenters. The molecule has 0 aromatic heterocycles. The molecular weight excluding hydrogens is 276 g/mol. The highest BCUT2D eigenvalue weighted by molar-refractivity contribution is 4.97. The summed E-state index contributed by atoms with van der Waals surface area (Å²) in [4.78, 5) is 0. The molecular formula is C18H38N2O2. The molecule has 132 valence electrons. The molecule has 2 saturated heterocycles. The predicted octanol–water partition coefficient (Wildman–Crippen LogP) is 2.58. The summed E-state index contributed by atoms with van der Waals surface area (Å²) in [7, 11) is 0. The Balaban J connectivity index is 0.000000220. The Labute approximate surface area is 137 Å². The first-order valence-corrected chi connectivity index (χ1v) is 8.56. The van der Waals surface area contributed by atoms with E-state index in [-0.39, 0.29) is 34.4 Å². The molecule has 2 rings (SSSR count). The van der Waals surface area contributed by atoms with Crippen LogP contribution in [0.2, 0.25) is 0 Å². The lowest BCUT2D eigenvalue weighted by atomic mass is 9.81. The van der Waals surface area contributed by atoms with Crippen molar-refractivity contribution in [1.29, 1.82) is 0 Å². The molecule has 4 heteroatoms. The molecule has 0 aromatic rings. The highest BCUT2D eigenvalue weighted by atomic mass is 16.3. The average Bonchev–Trinajstić information content (AvgIpc) is 2.03. The lowest BCUT2D eigenvalue weighted by molar-refractivity contribution is 0.0388. The predicted molar refractivity (Wildman–Crippen MR) is 93.1 cm³/mol. The van der Waals surface area contributed by atoms with Gasteiger partial charge in [-0.1, -0.05) is 0 Å². The summed E-state index contributed by atoms with van der Waals surface area (Å²) in [5.41, 5.74) is 0.338. The molecule has 0 atom stereocenters. The third-order valence-electron chi connectivity index (χ3n) is 4.34. The Hall–Kier alpha value is -0.160. The minimum Gasteiger partial charge on any atom is -0.393 e. The van der Waals surface area contributed by atoms with Gasteiger partial charge in [-0.15, -0.1) is 0 Å². The normalized spacial score (nSPS) is 30.3. The molecule has 2 fully saturated rings. The quantitative estimate of drug-likeness (QED) is 0.555. The SMILES string of the molecule is CC1(C)CC(O)CC(C)(C)N1.CC1(C)CC(O)CC(C)(C)N1. The average molecular weight is 315 g/mol. The van der Waals surface area contributed by atoms with E-state index in [1.807, 2.05) is 0 Å². The van der Waals surface area contributed by atoms with Crippen LogP contribution in [0.25, 0.3) is 0 Å². The number of piperidine rings is 2. The third kappa shape index (κ3) is 6.95. The molecule has 2 aliphatic rings. The second-order valence-electron chi connectivity index (χ2n) is 9.91. The van der Waals surface area contributed by atoms with Crippen molar-refractivity contribution >= 4 is 0 Å². The molecule has 4 N–H and O–H groups in total. The van der Waals surface area contributed by atoms with Crippen molar-refractivity contribution < 1.29 is 10.2 Å². The summed E-state index contributed by atoms with van der Waals surface area (Å²) >= 11 is 0. The highest BCUT2D eigenvalue weighted by Crippen LogP contribution is 2.28. The third-order valence-corrected chi connectivity index (χ3v) is 4.34. The van der Waals surface area contributed by atoms with Crippen molar-refractivity contribution in [1.82, 2.24) is 10.6 Å². The van der Waals surface area contributed by atoms with Gasteiger partial charge < -0.3 is 20.8 Å². The van der Waals surface area contributed by atoms with Crippen molar-refractivity contribution in [3.8, 4) is 0 Å². The van der Waals surface area contributed by atoms with Gasteiger partial charge in [-0.25, -0.2) is 0 Å². The zero-order valence-corrected chi connectivity index (χ0v) is 15.9. The first kappa shape index (κ1) is 19.9. The van der Waals surface area contributed by atoms with Crippen LogP contribution in [0.3, 0.4) is 0 Å². The summed E-state index contributed by atoms with van der Waals surface area (Å²) in [6, 6.07) is 0. The molecule has 0 amide bonds. The highest BCUT2D eigenvalue weighted by Gasteiger charge is 2.37. The summed E-state index contributed by atoms with van der Waals surface area (Å²) in [5, 5.41) is 26.1. The maximum atomic E-state index is 9.54. The molecule has 0 spiro atoms. The van der Waals surface area contributed by atoms with Crippen LogP contribution in [0.15, 0.2) is 0 Å². The van der Waals surface area contributed by atoms with E-state index in [1.54, 1.807) is 0 Å². The summed E-state index contributed by atoms with van der Waals surface area (Å²) < 4.78 is 0. The van der Waals surface area contributed by atoms with E-state index in [1.165, 1.54) is 0 Å². The van der Waals surface area contributed by atoms with Crippen LogP contribution in [-0.4, -0.2) is 44.6 Å². The Bertz CT molecular complexity index is 307. The van der Waals surface area contributed by atoms with Gasteiger partial charge in [0.25, 0.3) is 0 Å². The van der Waals surface area contributed by atoms with Gasteiger partial charge in [0.1, 0.15) is 0 Å². The number of aliphatic hydroxyl groups excluding tert-OH is 2. The second-order valence-corrected chi connectivity index (χ2v) is 9.91. The summed E-state index contributed by atoms with van der Waals surface area (Å²) in [6.07, 6.45) is 3.15. The molecule has 0 saturated carbocycles. The van der Waals surface area contributed by atoms with Gasteiger partial charge in [0.15, 0.2) is 0 Å². The lowest BCUT2D eigenvalue weighted by Gasteiger charge is -2.44. The van der Waals surface area contributed by atoms with Gasteiger partial charge in [-0.3, -0.25) is 0 Å². The van der Waals surface area contributed by atoms with Crippen molar-refractivity contribution in [3.63, 3.8) is 0 Å². The first-order valence-electron chi connectivity index (χ1n) is 8.56. The van der Waals surface area contributed by atoms with Gasteiger partial charge >= 0.3 is 0 Å². The van der Waals surface area contributed by atoms with Crippen molar-refractivity contribution in [3.05, 3.63) is 0 Å². The zero-order chi connectivity index (χ0) is 17.4. The van der Waals surface area contributed by atoms with E-state index < -0.39 is 0 Å². The molecule has 0 radical (unpaired) electrons. The Kier molecular flexibility index (Phi) is 5.77. The zero-order valence-electron chi connectivity index (χ0n) is 15.9. The Morgan fingerprint density at radius 1 is 0.545 bits per heavy atom. The van der Waals surface area contributed by atoms with Crippen molar-refractivity contribution in [2.24, 2.45) is 0 Å². The molecule has 2 aliphatic heterocycles. The van der Waals surface area contributed by atoms with Gasteiger partial charge in [0.05, 0.1) is 12.2 Å². The van der Waals surface area contributed by atoms with Crippen molar-refractivity contribution in [2.75, 3.05) is 0 Å². The van der Waals surface area contributed by atoms with Crippen LogP contribution < -0.4 is 10.6 Å². The minimum atomic E-state index is -0.138. The molecule has 2 heterocycles. The number of aliphatic hydroxyl groups is 2. The summed E-state index contributed by atoms with van der Waals surface area (Å²) in [5.74, 6) is 0. The molecule has 4 nitrogen and oxygen atoms in total. The topological polar surface area (TPSA) is 64.5 Å². The minimum absolute atomic E-state index is 0.0845. The second kappa shape index (κ2) is 6.39. The van der Waals surface area contributed by atoms with Crippen LogP contribution >= 0.6 is 0 Å². The van der Waals surface area contributed by atoms with E-state index in [9.17, 15) is 10.2 Å². The number of rotatable bonds is 0. The van der Waals surface area contributed by atoms with Crippen LogP contribution in [0, 0.1) is 0 Å². The van der Waals surface area contributed by atoms with Gasteiger partial charge in [-0.2, -0.15) is 0 Å². The van der Waals surface area contributed by atoms with E-state index in [0.29, 0.717) is 0 Å². The molecule has 0 aliphatic carbocycles. The maximum Gasteiger partial charge on any atom is 0.0575 e. The van der Waals surface area contributed by atoms with E-state index in [4.69, 9.17) is 0 Å². The van der Waals surface area contributed by atoms with Gasteiger partial charge in [-0.05, 0) is 81.1 Å². The smallest absolute Gasteiger partial charge is 0.0575 e. The van der Waals surface area contributed by atoms with Gasteiger partial charge in [0, 0.05) is 22.2 Å². The number of hydrogen-bond donors (Lipinski definition) is 4. The van der Waals surface area contributed by atoms with Crippen LogP contribution in [0.5, 0.6) is 0 Å². The van der Waals surface area contributed by atoms with E-state index in [0.717, 1.165) is 25.7 Å². The molecule has 22 heavy (non-hydrogen) atoms. The number of nitrogens with one attached hydrogen (secondary N) is 2. The van der Waals surface area contributed by atoms with Crippen molar-refractivity contribution in [2.45, 2.75) is 115 Å². The lowest BCUT2D eigenvalue weighted by Crippen LogP contribution is -2.59. The van der Waals surface area contributed by atoms with Crippen LogP contribution in [-0.2, 0) is 0 Å². The monoisotopic (exact) mass is 314 g/mol. The Morgan fingerprint density at radius 3 is 0.864 bits per heavy atom. The summed E-state index contributed by atoms with van der Waals surface area (Å²) in [6.45, 7) is 17.1. The number of hydrogen-bond acceptors (Lipinski definition) is 4. The first-order chi connectivity index (χ1) is 9.62. The van der Waals surface area contributed by atoms with Gasteiger partial charge in [0.2, 0.25) is 0 Å². The van der Waals surface area contributed by atoms with Crippen LogP contribution in [0.1, 0.15) is 81.1 Å². The largest absolute Gasteiger partial charge is 0.393 e. The van der Waals surface area contributed by atoms with Crippen LogP contribution in [0.4, 0.5) is 0 Å². The fraction of sp³-hybridized carbons (Fsp3) is 1.00. The maximum absolute atomic E-state index is 9.54. The fourth-order valence-corrected chi connectivity index (χ4v) is 4.54. The standard InChI is InChI=1S/2C9H19NO/c2*1-8(2)5-7(11)6-9(3,4)10-8/h2*7,10-11H,5-6H2,1-4H3.